The monoisotopic (exact) mass is 501 g/mol. The average molecular weight is 502 g/mol. The van der Waals surface area contributed by atoms with Crippen LogP contribution in [-0.4, -0.2) is 56.7 Å². The molecule has 2 aliphatic rings. The number of benzene rings is 1. The number of nitrogens with one attached hydrogen (secondary N) is 1. The van der Waals surface area contributed by atoms with E-state index in [4.69, 9.17) is 10.00 Å². The van der Waals surface area contributed by atoms with Crippen LogP contribution in [0, 0.1) is 36.0 Å². The summed E-state index contributed by atoms with van der Waals surface area (Å²) in [6.07, 6.45) is 3.74. The molecule has 2 unspecified atom stereocenters. The maximum Gasteiger partial charge on any atom is 0.293 e. The zero-order valence-corrected chi connectivity index (χ0v) is 20.7. The number of ether oxygens (including phenoxy) is 1. The second kappa shape index (κ2) is 10.2. The van der Waals surface area contributed by atoms with Gasteiger partial charge in [-0.05, 0) is 55.9 Å². The molecule has 9 nitrogen and oxygen atoms in total. The normalized spacial score (nSPS) is 22.6. The Morgan fingerprint density at radius 3 is 2.62 bits per heavy atom. The van der Waals surface area contributed by atoms with Crippen LogP contribution in [0.15, 0.2) is 32.9 Å². The number of carbonyl (C=O) groups excluding carboxylic acids is 1. The molecule has 1 N–H and O–H groups in total. The van der Waals surface area contributed by atoms with Gasteiger partial charge >= 0.3 is 0 Å². The lowest BCUT2D eigenvalue weighted by molar-refractivity contribution is -0.114. The maximum atomic E-state index is 12.8. The molecular weight excluding hydrogens is 474 g/mol. The second-order valence-corrected chi connectivity index (χ2v) is 11.5. The fourth-order valence-electron chi connectivity index (χ4n) is 4.73. The van der Waals surface area contributed by atoms with Crippen LogP contribution in [-0.2, 0) is 14.8 Å². The van der Waals surface area contributed by atoms with Gasteiger partial charge in [-0.1, -0.05) is 11.3 Å². The summed E-state index contributed by atoms with van der Waals surface area (Å²) in [4.78, 5) is 17.7. The fraction of sp³-hybridized carbons (Fsp3) is 0.478. The third-order valence-corrected chi connectivity index (χ3v) is 9.20. The molecule has 1 aromatic carbocycles. The smallest absolute Gasteiger partial charge is 0.293 e. The number of thiazole rings is 1. The van der Waals surface area contributed by atoms with Crippen molar-refractivity contribution in [2.24, 2.45) is 22.2 Å². The lowest BCUT2D eigenvalue weighted by Gasteiger charge is -2.36. The zero-order chi connectivity index (χ0) is 24.3. The number of rotatable bonds is 8. The maximum absolute atomic E-state index is 12.8. The Labute approximate surface area is 203 Å². The van der Waals surface area contributed by atoms with Crippen molar-refractivity contribution in [1.82, 2.24) is 9.88 Å². The van der Waals surface area contributed by atoms with Crippen LogP contribution in [0.1, 0.15) is 31.0 Å². The van der Waals surface area contributed by atoms with Crippen LogP contribution in [0.2, 0.25) is 0 Å². The molecule has 1 amide bonds. The topological polar surface area (TPSA) is 125 Å². The molecule has 1 saturated carbocycles. The largest absolute Gasteiger partial charge is 0.492 e. The number of sulfonamides is 1. The Morgan fingerprint density at radius 2 is 2.00 bits per heavy atom. The summed E-state index contributed by atoms with van der Waals surface area (Å²) in [6.45, 7) is 6.07. The molecular formula is C23H27N5O4S2. The standard InChI is InChI=1S/C23H27N5O4S2/c1-15-22(33-23(26-15)27-16(2)29)34(30,31)25-12-21-18-5-6-19(21)14-28(13-18)9-10-32-20-7-3-17(11-24)4-8-20/h3-4,7-8,12,18-19,21H,5-6,9-10,13-14H2,1-2H3,(H,26,27,29). The zero-order valence-electron chi connectivity index (χ0n) is 19.1. The van der Waals surface area contributed by atoms with E-state index in [2.05, 4.69) is 25.7 Å². The summed E-state index contributed by atoms with van der Waals surface area (Å²) < 4.78 is 35.6. The molecule has 1 aliphatic heterocycles. The van der Waals surface area contributed by atoms with Crippen LogP contribution >= 0.6 is 11.3 Å². The van der Waals surface area contributed by atoms with Crippen molar-refractivity contribution in [2.45, 2.75) is 30.9 Å². The van der Waals surface area contributed by atoms with Gasteiger partial charge in [0.2, 0.25) is 5.91 Å². The van der Waals surface area contributed by atoms with Crippen molar-refractivity contribution in [3.8, 4) is 11.8 Å². The van der Waals surface area contributed by atoms with Crippen LogP contribution in [0.4, 0.5) is 5.13 Å². The summed E-state index contributed by atoms with van der Waals surface area (Å²) in [5.74, 6) is 1.31. The number of piperidine rings is 1. The summed E-state index contributed by atoms with van der Waals surface area (Å²) in [5, 5.41) is 11.7. The molecule has 11 heteroatoms. The predicted octanol–water partition coefficient (Wildman–Crippen LogP) is 3.08. The number of hydrogen-bond donors (Lipinski definition) is 1. The van der Waals surface area contributed by atoms with E-state index in [9.17, 15) is 13.2 Å². The van der Waals surface area contributed by atoms with E-state index in [-0.39, 0.29) is 21.2 Å². The Hall–Kier alpha value is -2.81. The van der Waals surface area contributed by atoms with E-state index in [0.717, 1.165) is 49.6 Å². The average Bonchev–Trinajstić information content (AvgIpc) is 3.28. The van der Waals surface area contributed by atoms with Gasteiger partial charge in [-0.2, -0.15) is 18.1 Å². The van der Waals surface area contributed by atoms with Gasteiger partial charge in [-0.3, -0.25) is 9.69 Å². The van der Waals surface area contributed by atoms with E-state index in [1.165, 1.54) is 6.92 Å². The quantitative estimate of drug-likeness (QED) is 0.551. The number of likely N-dealkylation sites (tertiary alicyclic amines) is 1. The molecule has 2 aromatic rings. The highest BCUT2D eigenvalue weighted by molar-refractivity contribution is 7.92. The molecule has 2 bridgehead atoms. The van der Waals surface area contributed by atoms with E-state index < -0.39 is 10.0 Å². The van der Waals surface area contributed by atoms with Gasteiger partial charge in [-0.15, -0.1) is 0 Å². The van der Waals surface area contributed by atoms with Crippen molar-refractivity contribution in [3.05, 3.63) is 35.5 Å². The van der Waals surface area contributed by atoms with Crippen molar-refractivity contribution in [2.75, 3.05) is 31.6 Å². The van der Waals surface area contributed by atoms with Crippen molar-refractivity contribution < 1.29 is 17.9 Å². The van der Waals surface area contributed by atoms with Crippen LogP contribution in [0.3, 0.4) is 0 Å². The highest BCUT2D eigenvalue weighted by Crippen LogP contribution is 2.41. The lowest BCUT2D eigenvalue weighted by atomic mass is 9.86. The Morgan fingerprint density at radius 1 is 1.32 bits per heavy atom. The van der Waals surface area contributed by atoms with Gasteiger partial charge in [0.25, 0.3) is 10.0 Å². The van der Waals surface area contributed by atoms with Gasteiger partial charge in [0.05, 0.1) is 17.3 Å². The molecule has 2 heterocycles. The number of aromatic nitrogens is 1. The predicted molar refractivity (Wildman–Crippen MR) is 130 cm³/mol. The van der Waals surface area contributed by atoms with E-state index in [1.807, 2.05) is 0 Å². The third-order valence-electron chi connectivity index (χ3n) is 6.29. The molecule has 4 rings (SSSR count). The number of anilines is 1. The minimum atomic E-state index is -3.87. The van der Waals surface area contributed by atoms with E-state index >= 15 is 0 Å². The molecule has 2 atom stereocenters. The molecule has 34 heavy (non-hydrogen) atoms. The van der Waals surface area contributed by atoms with Crippen molar-refractivity contribution in [1.29, 1.82) is 5.26 Å². The number of nitrogens with zero attached hydrogens (tertiary/aromatic N) is 4. The highest BCUT2D eigenvalue weighted by Gasteiger charge is 2.41. The van der Waals surface area contributed by atoms with Crippen LogP contribution in [0.5, 0.6) is 5.75 Å². The summed E-state index contributed by atoms with van der Waals surface area (Å²) in [6, 6.07) is 9.17. The lowest BCUT2D eigenvalue weighted by Crippen LogP contribution is -2.44. The first-order valence-corrected chi connectivity index (χ1v) is 13.4. The molecule has 1 aliphatic carbocycles. The third kappa shape index (κ3) is 5.63. The number of hydrogen-bond acceptors (Lipinski definition) is 8. The number of carbonyl (C=O) groups is 1. The number of amides is 1. The van der Waals surface area contributed by atoms with Gasteiger partial charge in [-0.25, -0.2) is 4.98 Å². The fourth-order valence-corrected chi connectivity index (χ4v) is 7.08. The first-order chi connectivity index (χ1) is 16.2. The minimum Gasteiger partial charge on any atom is -0.492 e. The Balaban J connectivity index is 1.33. The first kappa shape index (κ1) is 24.3. The molecule has 0 spiro atoms. The summed E-state index contributed by atoms with van der Waals surface area (Å²) in [5.41, 5.74) is 0.944. The van der Waals surface area contributed by atoms with Crippen molar-refractivity contribution in [3.63, 3.8) is 0 Å². The number of nitriles is 1. The van der Waals surface area contributed by atoms with Crippen LogP contribution in [0.25, 0.3) is 0 Å². The molecule has 1 aromatic heterocycles. The van der Waals surface area contributed by atoms with Gasteiger partial charge in [0, 0.05) is 38.7 Å². The van der Waals surface area contributed by atoms with Crippen LogP contribution < -0.4 is 10.1 Å². The Bertz CT molecular complexity index is 1200. The molecule has 180 valence electrons. The van der Waals surface area contributed by atoms with Gasteiger partial charge < -0.3 is 10.1 Å². The molecule has 0 radical (unpaired) electrons. The first-order valence-electron chi connectivity index (χ1n) is 11.2. The molecule has 1 saturated heterocycles. The molecule has 2 fully saturated rings. The second-order valence-electron chi connectivity index (χ2n) is 8.72. The minimum absolute atomic E-state index is 0.0669. The van der Waals surface area contributed by atoms with Gasteiger partial charge in [0.15, 0.2) is 9.34 Å². The number of aryl methyl sites for hydroxylation is 1. The highest BCUT2D eigenvalue weighted by atomic mass is 32.2. The van der Waals surface area contributed by atoms with Crippen molar-refractivity contribution >= 4 is 38.6 Å². The SMILES string of the molecule is CC(=O)Nc1nc(C)c(S(=O)(=O)N=CC2C3CCC2CN(CCOc2ccc(C#N)cc2)C3)s1. The van der Waals surface area contributed by atoms with E-state index in [1.54, 1.807) is 37.4 Å². The van der Waals surface area contributed by atoms with Gasteiger partial charge in [0.1, 0.15) is 12.4 Å². The number of fused-ring (bicyclic) bond motifs is 2. The Kier molecular flexibility index (Phi) is 7.30. The van der Waals surface area contributed by atoms with E-state index in [0.29, 0.717) is 29.7 Å². The summed E-state index contributed by atoms with van der Waals surface area (Å²) >= 11 is 0.925. The summed E-state index contributed by atoms with van der Waals surface area (Å²) in [7, 11) is -3.87.